The maximum atomic E-state index is 5.17. The number of rotatable bonds is 7. The second-order valence-corrected chi connectivity index (χ2v) is 7.12. The number of methoxy groups -OCH3 is 1. The average Bonchev–Trinajstić information content (AvgIpc) is 3.33. The van der Waals surface area contributed by atoms with Crippen LogP contribution in [-0.4, -0.2) is 46.8 Å². The smallest absolute Gasteiger partial charge is 0.191 e. The van der Waals surface area contributed by atoms with Crippen molar-refractivity contribution in [3.8, 4) is 17.1 Å². The molecule has 0 amide bonds. The largest absolute Gasteiger partial charge is 0.497 e. The van der Waals surface area contributed by atoms with Gasteiger partial charge in [-0.1, -0.05) is 0 Å². The molecule has 2 heterocycles. The molecule has 28 heavy (non-hydrogen) atoms. The van der Waals surface area contributed by atoms with Crippen LogP contribution in [0.3, 0.4) is 0 Å². The van der Waals surface area contributed by atoms with E-state index in [-0.39, 0.29) is 24.0 Å². The van der Waals surface area contributed by atoms with Crippen LogP contribution in [0.4, 0.5) is 0 Å². The topological polar surface area (TPSA) is 100 Å². The Hall–Kier alpha value is -2.21. The Bertz CT molecular complexity index is 891. The van der Waals surface area contributed by atoms with E-state index in [1.807, 2.05) is 30.5 Å². The zero-order chi connectivity index (χ0) is 19.1. The number of hydrogen-bond acceptors (Lipinski definition) is 6. The van der Waals surface area contributed by atoms with Crippen molar-refractivity contribution >= 4 is 41.3 Å². The summed E-state index contributed by atoms with van der Waals surface area (Å²) in [5.74, 6) is 2.90. The number of thiazole rings is 1. The number of aryl methyl sites for hydroxylation is 1. The number of hydrogen-bond donors (Lipinski definition) is 3. The van der Waals surface area contributed by atoms with Gasteiger partial charge in [0.2, 0.25) is 0 Å². The molecular formula is C18H24IN7OS. The summed E-state index contributed by atoms with van der Waals surface area (Å²) in [6.07, 6.45) is 2.76. The predicted octanol–water partition coefficient (Wildman–Crippen LogP) is 2.77. The molecule has 0 unspecified atom stereocenters. The van der Waals surface area contributed by atoms with Crippen LogP contribution in [-0.2, 0) is 13.0 Å². The lowest BCUT2D eigenvalue weighted by molar-refractivity contribution is 0.415. The van der Waals surface area contributed by atoms with Crippen LogP contribution in [0.2, 0.25) is 0 Å². The van der Waals surface area contributed by atoms with Crippen LogP contribution < -0.4 is 15.4 Å². The maximum absolute atomic E-state index is 5.17. The van der Waals surface area contributed by atoms with Crippen molar-refractivity contribution in [2.45, 2.75) is 19.9 Å². The zero-order valence-corrected chi connectivity index (χ0v) is 19.2. The predicted molar refractivity (Wildman–Crippen MR) is 123 cm³/mol. The Morgan fingerprint density at radius 2 is 2.04 bits per heavy atom. The highest BCUT2D eigenvalue weighted by atomic mass is 127. The zero-order valence-electron chi connectivity index (χ0n) is 16.0. The summed E-state index contributed by atoms with van der Waals surface area (Å²) in [7, 11) is 3.39. The summed E-state index contributed by atoms with van der Waals surface area (Å²) >= 11 is 1.72. The Morgan fingerprint density at radius 3 is 2.68 bits per heavy atom. The van der Waals surface area contributed by atoms with E-state index in [1.165, 1.54) is 4.88 Å². The minimum absolute atomic E-state index is 0. The Labute approximate surface area is 185 Å². The van der Waals surface area contributed by atoms with Gasteiger partial charge >= 0.3 is 0 Å². The number of benzene rings is 1. The van der Waals surface area contributed by atoms with Crippen LogP contribution in [0.5, 0.6) is 5.75 Å². The van der Waals surface area contributed by atoms with E-state index in [2.05, 4.69) is 42.7 Å². The lowest BCUT2D eigenvalue weighted by atomic mass is 10.2. The summed E-state index contributed by atoms with van der Waals surface area (Å²) in [6, 6.07) is 7.64. The summed E-state index contributed by atoms with van der Waals surface area (Å²) in [5.41, 5.74) is 0.930. The Balaban J connectivity index is 0.00000280. The van der Waals surface area contributed by atoms with Crippen molar-refractivity contribution in [1.29, 1.82) is 0 Å². The van der Waals surface area contributed by atoms with Crippen LogP contribution in [0.25, 0.3) is 11.4 Å². The van der Waals surface area contributed by atoms with Gasteiger partial charge in [0.15, 0.2) is 11.8 Å². The number of nitrogens with one attached hydrogen (secondary N) is 3. The SMILES string of the molecule is CN=C(NCCc1ncc(C)s1)NCc1nc(-c2ccc(OC)cc2)n[nH]1.I. The highest BCUT2D eigenvalue weighted by molar-refractivity contribution is 14.0. The van der Waals surface area contributed by atoms with Crippen LogP contribution in [0.1, 0.15) is 15.7 Å². The van der Waals surface area contributed by atoms with E-state index in [0.717, 1.165) is 35.1 Å². The standard InChI is InChI=1S/C18H23N7OS.HI/c1-12-10-21-16(27-12)8-9-20-18(19-2)22-11-15-23-17(25-24-15)13-4-6-14(26-3)7-5-13;/h4-7,10H,8-9,11H2,1-3H3,(H2,19,20,22)(H,23,24,25);1H. The van der Waals surface area contributed by atoms with Crippen molar-refractivity contribution in [2.24, 2.45) is 4.99 Å². The van der Waals surface area contributed by atoms with Crippen molar-refractivity contribution in [3.63, 3.8) is 0 Å². The number of aromatic amines is 1. The molecule has 150 valence electrons. The molecule has 3 rings (SSSR count). The van der Waals surface area contributed by atoms with Gasteiger partial charge < -0.3 is 15.4 Å². The molecule has 0 radical (unpaired) electrons. The molecule has 0 aliphatic rings. The normalized spacial score (nSPS) is 11.0. The van der Waals surface area contributed by atoms with Gasteiger partial charge in [-0.25, -0.2) is 9.97 Å². The molecular weight excluding hydrogens is 489 g/mol. The lowest BCUT2D eigenvalue weighted by Gasteiger charge is -2.09. The van der Waals surface area contributed by atoms with Gasteiger partial charge in [0, 0.05) is 36.7 Å². The van der Waals surface area contributed by atoms with Gasteiger partial charge in [0.05, 0.1) is 18.7 Å². The molecule has 0 atom stereocenters. The first kappa shape index (κ1) is 22.1. The van der Waals surface area contributed by atoms with Crippen LogP contribution in [0, 0.1) is 6.92 Å². The minimum atomic E-state index is 0. The monoisotopic (exact) mass is 513 g/mol. The summed E-state index contributed by atoms with van der Waals surface area (Å²) in [6.45, 7) is 3.33. The number of halogens is 1. The number of nitrogens with zero attached hydrogens (tertiary/aromatic N) is 4. The molecule has 0 bridgehead atoms. The van der Waals surface area contributed by atoms with Gasteiger partial charge in [0.25, 0.3) is 0 Å². The lowest BCUT2D eigenvalue weighted by Crippen LogP contribution is -2.38. The van der Waals surface area contributed by atoms with E-state index in [9.17, 15) is 0 Å². The summed E-state index contributed by atoms with van der Waals surface area (Å²) in [5, 5.41) is 14.8. The van der Waals surface area contributed by atoms with Gasteiger partial charge in [-0.05, 0) is 31.2 Å². The summed E-state index contributed by atoms with van der Waals surface area (Å²) < 4.78 is 5.17. The van der Waals surface area contributed by atoms with Crippen molar-refractivity contribution in [1.82, 2.24) is 30.8 Å². The van der Waals surface area contributed by atoms with Crippen molar-refractivity contribution in [2.75, 3.05) is 20.7 Å². The average molecular weight is 513 g/mol. The fraction of sp³-hybridized carbons (Fsp3) is 0.333. The van der Waals surface area contributed by atoms with Gasteiger partial charge in [-0.15, -0.1) is 35.3 Å². The van der Waals surface area contributed by atoms with Crippen molar-refractivity contribution < 1.29 is 4.74 Å². The molecule has 10 heteroatoms. The number of aliphatic imine (C=N–C) groups is 1. The quantitative estimate of drug-likeness (QED) is 0.255. The Morgan fingerprint density at radius 1 is 1.25 bits per heavy atom. The van der Waals surface area contributed by atoms with Gasteiger partial charge in [0.1, 0.15) is 11.6 Å². The second kappa shape index (κ2) is 11.0. The van der Waals surface area contributed by atoms with Gasteiger partial charge in [-0.3, -0.25) is 10.1 Å². The third-order valence-corrected chi connectivity index (χ3v) is 4.80. The number of ether oxygens (including phenoxy) is 1. The molecule has 0 aliphatic heterocycles. The van der Waals surface area contributed by atoms with Crippen LogP contribution in [0.15, 0.2) is 35.5 Å². The fourth-order valence-corrected chi connectivity index (χ4v) is 3.22. The number of guanidine groups is 1. The van der Waals surface area contributed by atoms with E-state index in [1.54, 1.807) is 25.5 Å². The van der Waals surface area contributed by atoms with Gasteiger partial charge in [-0.2, -0.15) is 5.10 Å². The molecule has 0 aliphatic carbocycles. The van der Waals surface area contributed by atoms with Crippen molar-refractivity contribution in [3.05, 3.63) is 46.2 Å². The second-order valence-electron chi connectivity index (χ2n) is 5.80. The molecule has 0 saturated heterocycles. The highest BCUT2D eigenvalue weighted by Gasteiger charge is 2.07. The molecule has 1 aromatic carbocycles. The fourth-order valence-electron chi connectivity index (χ4n) is 2.44. The number of H-pyrrole nitrogens is 1. The first-order valence-electron chi connectivity index (χ1n) is 8.59. The molecule has 8 nitrogen and oxygen atoms in total. The molecule has 2 aromatic heterocycles. The maximum Gasteiger partial charge on any atom is 0.191 e. The molecule has 0 fully saturated rings. The summed E-state index contributed by atoms with van der Waals surface area (Å²) in [4.78, 5) is 14.3. The van der Waals surface area contributed by atoms with E-state index in [0.29, 0.717) is 18.3 Å². The molecule has 3 N–H and O–H groups in total. The number of aromatic nitrogens is 4. The van der Waals surface area contributed by atoms with E-state index in [4.69, 9.17) is 4.74 Å². The third kappa shape index (κ3) is 6.16. The molecule has 0 spiro atoms. The first-order chi connectivity index (χ1) is 13.2. The van der Waals surface area contributed by atoms with E-state index < -0.39 is 0 Å². The first-order valence-corrected chi connectivity index (χ1v) is 9.41. The molecule has 0 saturated carbocycles. The van der Waals surface area contributed by atoms with Crippen LogP contribution >= 0.6 is 35.3 Å². The van der Waals surface area contributed by atoms with E-state index >= 15 is 0 Å². The third-order valence-electron chi connectivity index (χ3n) is 3.83. The Kier molecular flexibility index (Phi) is 8.64. The molecule has 3 aromatic rings. The highest BCUT2D eigenvalue weighted by Crippen LogP contribution is 2.18. The minimum Gasteiger partial charge on any atom is -0.497 e.